The molecule has 0 saturated heterocycles. The fourth-order valence-corrected chi connectivity index (χ4v) is 9.76. The van der Waals surface area contributed by atoms with Crippen molar-refractivity contribution in [3.05, 3.63) is 110 Å². The van der Waals surface area contributed by atoms with E-state index in [0.29, 0.717) is 58.6 Å². The lowest BCUT2D eigenvalue weighted by molar-refractivity contribution is -0.120. The largest absolute Gasteiger partial charge is 0.392 e. The van der Waals surface area contributed by atoms with E-state index in [4.69, 9.17) is 23.2 Å². The lowest BCUT2D eigenvalue weighted by atomic mass is 10.0. The minimum Gasteiger partial charge on any atom is -0.392 e. The normalized spacial score (nSPS) is 12.2. The minimum absolute atomic E-state index is 0.123. The maximum absolute atomic E-state index is 13.0. The highest BCUT2D eigenvalue weighted by atomic mass is 79.9. The summed E-state index contributed by atoms with van der Waals surface area (Å²) in [6, 6.07) is 15.6. The number of halogens is 4. The van der Waals surface area contributed by atoms with Gasteiger partial charge >= 0.3 is 11.4 Å². The second-order valence-corrected chi connectivity index (χ2v) is 21.7. The molecule has 20 heteroatoms. The number of hydrogen-bond donors (Lipinski definition) is 1. The van der Waals surface area contributed by atoms with Crippen molar-refractivity contribution in [2.24, 2.45) is 28.2 Å². The van der Waals surface area contributed by atoms with Crippen molar-refractivity contribution in [3.63, 3.8) is 0 Å². The van der Waals surface area contributed by atoms with Crippen molar-refractivity contribution >= 4 is 107 Å². The van der Waals surface area contributed by atoms with E-state index < -0.39 is 32.5 Å². The van der Waals surface area contributed by atoms with Gasteiger partial charge in [0.05, 0.1) is 29.3 Å². The quantitative estimate of drug-likeness (QED) is 0.0833. The Balaban J connectivity index is 0.000000260. The average molecular weight is 1070 g/mol. The minimum atomic E-state index is -0.712. The smallest absolute Gasteiger partial charge is 0.332 e. The molecule has 0 aliphatic heterocycles. The van der Waals surface area contributed by atoms with Crippen molar-refractivity contribution in [3.8, 4) is 0 Å². The van der Waals surface area contributed by atoms with Gasteiger partial charge in [-0.3, -0.25) is 32.7 Å². The van der Waals surface area contributed by atoms with Crippen molar-refractivity contribution < 1.29 is 9.90 Å². The number of aryl methyl sites for hydroxylation is 2. The van der Waals surface area contributed by atoms with Crippen molar-refractivity contribution in [1.82, 2.24) is 37.4 Å². The van der Waals surface area contributed by atoms with Crippen LogP contribution in [-0.4, -0.2) is 69.2 Å². The third kappa shape index (κ3) is 12.1. The molecule has 0 radical (unpaired) electrons. The lowest BCUT2D eigenvalue weighted by Crippen LogP contribution is -2.37. The van der Waals surface area contributed by atoms with Gasteiger partial charge in [0.25, 0.3) is 11.1 Å². The number of nitrogens with zero attached hydrogens (tertiary/aromatic N) is 8. The Morgan fingerprint density at radius 2 is 1.13 bits per heavy atom. The molecule has 63 heavy (non-hydrogen) atoms. The van der Waals surface area contributed by atoms with E-state index in [1.807, 2.05) is 99.2 Å². The summed E-state index contributed by atoms with van der Waals surface area (Å²) >= 11 is 19.3. The van der Waals surface area contributed by atoms with E-state index in [2.05, 4.69) is 41.8 Å². The Morgan fingerprint density at radius 1 is 0.714 bits per heavy atom. The predicted octanol–water partition coefficient (Wildman–Crippen LogP) is 8.18. The fourth-order valence-electron chi connectivity index (χ4n) is 6.68. The van der Waals surface area contributed by atoms with Crippen LogP contribution in [0.4, 0.5) is 0 Å². The first-order valence-corrected chi connectivity index (χ1v) is 24.4. The van der Waals surface area contributed by atoms with Crippen molar-refractivity contribution in [2.75, 3.05) is 5.34 Å². The molecular formula is C43H54Br2Cl2N8O6S2. The SMILES string of the molecule is CCCC(=O)C(C)(C)Sc1nc2c(c(=O)n(C)c(=O)n2C)n1Cc1cccc(Br)c1.CCCC(O)C(C)(C)Sc1nc2c(c(=O)n(C)c(=O)n2C)n1Cc1cccc(Br)c1.ClCCl. The van der Waals surface area contributed by atoms with E-state index in [1.165, 1.54) is 46.8 Å². The zero-order valence-corrected chi connectivity index (χ0v) is 43.4. The predicted molar refractivity (Wildman–Crippen MR) is 264 cm³/mol. The Morgan fingerprint density at radius 3 is 1.51 bits per heavy atom. The van der Waals surface area contributed by atoms with Crippen LogP contribution < -0.4 is 22.5 Å². The molecule has 0 bridgehead atoms. The summed E-state index contributed by atoms with van der Waals surface area (Å²) in [5, 5.41) is 12.0. The highest BCUT2D eigenvalue weighted by Gasteiger charge is 2.33. The number of thioether (sulfide) groups is 2. The third-order valence-corrected chi connectivity index (χ3v) is 13.8. The van der Waals surface area contributed by atoms with Crippen LogP contribution in [0.25, 0.3) is 22.3 Å². The molecule has 1 atom stereocenters. The van der Waals surface area contributed by atoms with Crippen LogP contribution in [-0.2, 0) is 46.1 Å². The summed E-state index contributed by atoms with van der Waals surface area (Å²) in [6.45, 7) is 12.5. The Hall–Kier alpha value is -3.39. The van der Waals surface area contributed by atoms with E-state index in [0.717, 1.165) is 42.0 Å². The third-order valence-electron chi connectivity index (χ3n) is 10.3. The van der Waals surface area contributed by atoms with Gasteiger partial charge in [0, 0.05) is 48.3 Å². The molecule has 0 aliphatic rings. The number of benzene rings is 2. The van der Waals surface area contributed by atoms with Crippen molar-refractivity contribution in [2.45, 2.75) is 106 Å². The topological polar surface area (TPSA) is 161 Å². The first-order valence-electron chi connectivity index (χ1n) is 20.1. The molecule has 0 spiro atoms. The van der Waals surface area contributed by atoms with E-state index >= 15 is 0 Å². The number of aliphatic hydroxyl groups is 1. The van der Waals surface area contributed by atoms with Gasteiger partial charge in [0.15, 0.2) is 32.6 Å². The highest BCUT2D eigenvalue weighted by molar-refractivity contribution is 9.10. The van der Waals surface area contributed by atoms with Crippen LogP contribution in [0.15, 0.2) is 87.0 Å². The summed E-state index contributed by atoms with van der Waals surface area (Å²) < 4.78 is 9.26. The van der Waals surface area contributed by atoms with Gasteiger partial charge in [0.1, 0.15) is 5.78 Å². The molecule has 6 rings (SSSR count). The van der Waals surface area contributed by atoms with E-state index in [9.17, 15) is 29.1 Å². The summed E-state index contributed by atoms with van der Waals surface area (Å²) in [5.74, 6) is 0.123. The van der Waals surface area contributed by atoms with Crippen LogP contribution in [0.3, 0.4) is 0 Å². The number of aliphatic hydroxyl groups excluding tert-OH is 1. The Kier molecular flexibility index (Phi) is 18.4. The van der Waals surface area contributed by atoms with Crippen LogP contribution in [0.5, 0.6) is 0 Å². The van der Waals surface area contributed by atoms with Crippen LogP contribution in [0.1, 0.15) is 78.4 Å². The maximum atomic E-state index is 13.0. The Labute approximate surface area is 401 Å². The molecule has 14 nitrogen and oxygen atoms in total. The molecule has 4 heterocycles. The summed E-state index contributed by atoms with van der Waals surface area (Å²) in [5.41, 5.74) is 1.73. The van der Waals surface area contributed by atoms with E-state index in [-0.39, 0.29) is 16.7 Å². The molecule has 2 aromatic carbocycles. The molecule has 6 aromatic rings. The number of alkyl halides is 2. The summed E-state index contributed by atoms with van der Waals surface area (Å²) in [4.78, 5) is 72.8. The van der Waals surface area contributed by atoms with Gasteiger partial charge in [-0.05, 0) is 75.9 Å². The van der Waals surface area contributed by atoms with Gasteiger partial charge in [-0.25, -0.2) is 19.6 Å². The molecular weight excluding hydrogens is 1020 g/mol. The maximum Gasteiger partial charge on any atom is 0.332 e. The van der Waals surface area contributed by atoms with Gasteiger partial charge < -0.3 is 14.2 Å². The zero-order chi connectivity index (χ0) is 47.1. The number of aromatic nitrogens is 8. The van der Waals surface area contributed by atoms with Gasteiger partial charge in [-0.2, -0.15) is 0 Å². The molecule has 1 unspecified atom stereocenters. The number of carbonyl (C=O) groups excluding carboxylic acids is 1. The van der Waals surface area contributed by atoms with Gasteiger partial charge in [0.2, 0.25) is 0 Å². The number of Topliss-reactive ketones (excluding diaryl/α,β-unsaturated/α-hetero) is 1. The number of rotatable bonds is 14. The Bertz CT molecular complexity index is 2850. The number of ketones is 1. The van der Waals surface area contributed by atoms with Crippen LogP contribution >= 0.6 is 78.6 Å². The monoisotopic (exact) mass is 1070 g/mol. The van der Waals surface area contributed by atoms with Gasteiger partial charge in [-0.15, -0.1) is 23.2 Å². The second-order valence-electron chi connectivity index (χ2n) is 15.9. The van der Waals surface area contributed by atoms with Gasteiger partial charge in [-0.1, -0.05) is 99.9 Å². The molecule has 1 N–H and O–H groups in total. The summed E-state index contributed by atoms with van der Waals surface area (Å²) in [6.07, 6.45) is 2.26. The first kappa shape index (κ1) is 52.2. The summed E-state index contributed by atoms with van der Waals surface area (Å²) in [7, 11) is 6.15. The number of fused-ring (bicyclic) bond motifs is 2. The zero-order valence-electron chi connectivity index (χ0n) is 37.0. The van der Waals surface area contributed by atoms with Crippen molar-refractivity contribution in [1.29, 1.82) is 0 Å². The molecule has 4 aromatic heterocycles. The van der Waals surface area contributed by atoms with Crippen LogP contribution in [0, 0.1) is 0 Å². The molecule has 0 fully saturated rings. The molecule has 0 aliphatic carbocycles. The van der Waals surface area contributed by atoms with E-state index in [1.54, 1.807) is 14.1 Å². The standard InChI is InChI=1S/C21H27BrN4O3S.C21H25BrN4O3S.CH2Cl2/c2*1-6-8-15(27)21(2,3)30-19-23-17-16(18(28)25(5)20(29)24(17)4)26(19)12-13-9-7-10-14(22)11-13;2-1-3/h7,9-11,15,27H,6,8,12H2,1-5H3;7,9-11H,6,8,12H2,1-5H3;1H2. The highest BCUT2D eigenvalue weighted by Crippen LogP contribution is 2.38. The number of hydrogen-bond acceptors (Lipinski definition) is 10. The molecule has 0 amide bonds. The second kappa shape index (κ2) is 22.2. The molecule has 342 valence electrons. The number of imidazole rings is 2. The fraction of sp³-hybridized carbons (Fsp3) is 0.465. The molecule has 0 saturated carbocycles. The number of carbonyl (C=O) groups is 1. The average Bonchev–Trinajstić information content (AvgIpc) is 3.75. The van der Waals surface area contributed by atoms with Crippen LogP contribution in [0.2, 0.25) is 0 Å². The lowest BCUT2D eigenvalue weighted by Gasteiger charge is -2.29. The first-order chi connectivity index (χ1) is 29.5.